The van der Waals surface area contributed by atoms with Crippen LogP contribution in [-0.4, -0.2) is 26.2 Å². The van der Waals surface area contributed by atoms with Crippen molar-refractivity contribution in [3.05, 3.63) is 91.8 Å². The molecule has 40 heavy (non-hydrogen) atoms. The molecule has 0 saturated carbocycles. The van der Waals surface area contributed by atoms with Gasteiger partial charge in [-0.2, -0.15) is 0 Å². The fourth-order valence-corrected chi connectivity index (χ4v) is 5.24. The highest BCUT2D eigenvalue weighted by Crippen LogP contribution is 2.44. The minimum atomic E-state index is -0.824. The van der Waals surface area contributed by atoms with Gasteiger partial charge in [0.15, 0.2) is 16.9 Å². The number of rotatable bonds is 9. The first-order chi connectivity index (χ1) is 19.2. The molecule has 3 aromatic carbocycles. The molecule has 0 saturated heterocycles. The topological polar surface area (TPSA) is 78.2 Å². The standard InChI is InChI=1S/C31H29Cl2NO6/c1-5-38-26-14-18(6-9-25(26)39-13-12-17(2)3)28-27-29(35)21-15-19(32)7-10-23(21)40-30(27)31(36)34(28)20-8-11-24(37-4)22(33)16-20/h6-11,14-17,28H,5,12-13H2,1-4H3. The summed E-state index contributed by atoms with van der Waals surface area (Å²) in [6, 6.07) is 14.4. The molecule has 0 N–H and O–H groups in total. The molecule has 9 heteroatoms. The predicted octanol–water partition coefficient (Wildman–Crippen LogP) is 7.68. The van der Waals surface area contributed by atoms with Crippen LogP contribution in [-0.2, 0) is 0 Å². The zero-order valence-electron chi connectivity index (χ0n) is 22.6. The number of fused-ring (bicyclic) bond motifs is 2. The van der Waals surface area contributed by atoms with Crippen LogP contribution in [0.25, 0.3) is 11.0 Å². The molecule has 5 rings (SSSR count). The quantitative estimate of drug-likeness (QED) is 0.202. The van der Waals surface area contributed by atoms with Crippen LogP contribution in [0.4, 0.5) is 5.69 Å². The van der Waals surface area contributed by atoms with Crippen LogP contribution >= 0.6 is 23.2 Å². The first-order valence-electron chi connectivity index (χ1n) is 13.1. The largest absolute Gasteiger partial charge is 0.495 e. The van der Waals surface area contributed by atoms with Gasteiger partial charge in [-0.15, -0.1) is 0 Å². The van der Waals surface area contributed by atoms with E-state index >= 15 is 0 Å². The Bertz CT molecular complexity index is 1650. The highest BCUT2D eigenvalue weighted by Gasteiger charge is 2.44. The van der Waals surface area contributed by atoms with E-state index in [1.165, 1.54) is 12.0 Å². The molecule has 1 atom stereocenters. The van der Waals surface area contributed by atoms with Crippen molar-refractivity contribution in [2.24, 2.45) is 5.92 Å². The van der Waals surface area contributed by atoms with E-state index < -0.39 is 11.9 Å². The highest BCUT2D eigenvalue weighted by molar-refractivity contribution is 6.32. The van der Waals surface area contributed by atoms with Gasteiger partial charge < -0.3 is 18.6 Å². The first-order valence-corrected chi connectivity index (χ1v) is 13.8. The number of carbonyl (C=O) groups excluding carboxylic acids is 1. The lowest BCUT2D eigenvalue weighted by molar-refractivity contribution is 0.0971. The van der Waals surface area contributed by atoms with Crippen molar-refractivity contribution in [2.45, 2.75) is 33.2 Å². The Kier molecular flexibility index (Phi) is 7.97. The summed E-state index contributed by atoms with van der Waals surface area (Å²) in [7, 11) is 1.51. The molecule has 1 unspecified atom stereocenters. The molecule has 1 aliphatic heterocycles. The van der Waals surface area contributed by atoms with E-state index in [-0.39, 0.29) is 27.7 Å². The van der Waals surface area contributed by atoms with Crippen molar-refractivity contribution >= 4 is 45.8 Å². The number of halogens is 2. The number of hydrogen-bond donors (Lipinski definition) is 0. The molecule has 4 aromatic rings. The average molecular weight is 582 g/mol. The molecular formula is C31H29Cl2NO6. The lowest BCUT2D eigenvalue weighted by Crippen LogP contribution is -2.29. The van der Waals surface area contributed by atoms with E-state index in [9.17, 15) is 9.59 Å². The second kappa shape index (κ2) is 11.4. The second-order valence-electron chi connectivity index (χ2n) is 9.88. The van der Waals surface area contributed by atoms with Gasteiger partial charge in [-0.25, -0.2) is 0 Å². The van der Waals surface area contributed by atoms with Crippen LogP contribution in [0.3, 0.4) is 0 Å². The number of carbonyl (C=O) groups is 1. The number of hydrogen-bond acceptors (Lipinski definition) is 6. The van der Waals surface area contributed by atoms with Gasteiger partial charge in [0.1, 0.15) is 11.3 Å². The second-order valence-corrected chi connectivity index (χ2v) is 10.7. The van der Waals surface area contributed by atoms with Gasteiger partial charge in [0.2, 0.25) is 5.76 Å². The fraction of sp³-hybridized carbons (Fsp3) is 0.290. The summed E-state index contributed by atoms with van der Waals surface area (Å²) in [4.78, 5) is 29.4. The summed E-state index contributed by atoms with van der Waals surface area (Å²) >= 11 is 12.7. The van der Waals surface area contributed by atoms with Gasteiger partial charge in [0, 0.05) is 10.7 Å². The van der Waals surface area contributed by atoms with Crippen molar-refractivity contribution in [1.29, 1.82) is 0 Å². The zero-order valence-corrected chi connectivity index (χ0v) is 24.1. The van der Waals surface area contributed by atoms with E-state index in [1.807, 2.05) is 19.1 Å². The number of benzene rings is 3. The molecular weight excluding hydrogens is 553 g/mol. The van der Waals surface area contributed by atoms with Gasteiger partial charge in [-0.05, 0) is 73.4 Å². The van der Waals surface area contributed by atoms with E-state index in [0.29, 0.717) is 57.7 Å². The van der Waals surface area contributed by atoms with Crippen molar-refractivity contribution in [2.75, 3.05) is 25.2 Å². The maximum absolute atomic E-state index is 13.9. The van der Waals surface area contributed by atoms with Gasteiger partial charge in [-0.1, -0.05) is 43.1 Å². The minimum absolute atomic E-state index is 0.0352. The molecule has 0 aliphatic carbocycles. The zero-order chi connectivity index (χ0) is 28.6. The molecule has 1 amide bonds. The maximum Gasteiger partial charge on any atom is 0.295 e. The van der Waals surface area contributed by atoms with Crippen molar-refractivity contribution in [3.63, 3.8) is 0 Å². The number of amides is 1. The molecule has 1 aliphatic rings. The Morgan fingerprint density at radius 3 is 2.42 bits per heavy atom. The SMILES string of the molecule is CCOc1cc(C2c3c(oc4ccc(Cl)cc4c3=O)C(=O)N2c2ccc(OC)c(Cl)c2)ccc1OCCC(C)C. The molecule has 0 spiro atoms. The lowest BCUT2D eigenvalue weighted by Gasteiger charge is -2.26. The Balaban J connectivity index is 1.70. The van der Waals surface area contributed by atoms with Crippen LogP contribution in [0.2, 0.25) is 10.0 Å². The average Bonchev–Trinajstić information content (AvgIpc) is 3.22. The van der Waals surface area contributed by atoms with Gasteiger partial charge in [0.05, 0.1) is 42.3 Å². The van der Waals surface area contributed by atoms with E-state index in [2.05, 4.69) is 13.8 Å². The minimum Gasteiger partial charge on any atom is -0.495 e. The van der Waals surface area contributed by atoms with Gasteiger partial charge in [0.25, 0.3) is 5.91 Å². The van der Waals surface area contributed by atoms with Crippen molar-refractivity contribution < 1.29 is 23.4 Å². The Morgan fingerprint density at radius 2 is 1.73 bits per heavy atom. The van der Waals surface area contributed by atoms with E-state index in [4.69, 9.17) is 41.8 Å². The fourth-order valence-electron chi connectivity index (χ4n) is 4.82. The summed E-state index contributed by atoms with van der Waals surface area (Å²) in [5, 5.41) is 1.00. The third kappa shape index (κ3) is 5.11. The Labute approximate surface area is 242 Å². The van der Waals surface area contributed by atoms with Crippen LogP contribution in [0.1, 0.15) is 54.9 Å². The third-order valence-corrected chi connectivity index (χ3v) is 7.31. The first kappa shape index (κ1) is 27.9. The summed E-state index contributed by atoms with van der Waals surface area (Å²) in [5.74, 6) is 1.56. The molecule has 0 radical (unpaired) electrons. The summed E-state index contributed by atoms with van der Waals surface area (Å²) in [5.41, 5.74) is 1.27. The Hall–Kier alpha value is -3.68. The normalized spacial score (nSPS) is 14.6. The van der Waals surface area contributed by atoms with Crippen molar-refractivity contribution in [1.82, 2.24) is 0 Å². The number of anilines is 1. The molecule has 7 nitrogen and oxygen atoms in total. The van der Waals surface area contributed by atoms with E-state index in [0.717, 1.165) is 6.42 Å². The molecule has 208 valence electrons. The van der Waals surface area contributed by atoms with Crippen LogP contribution < -0.4 is 24.5 Å². The number of ether oxygens (including phenoxy) is 3. The van der Waals surface area contributed by atoms with E-state index in [1.54, 1.807) is 42.5 Å². The molecule has 0 fully saturated rings. The van der Waals surface area contributed by atoms with Crippen molar-refractivity contribution in [3.8, 4) is 17.2 Å². The smallest absolute Gasteiger partial charge is 0.295 e. The number of methoxy groups -OCH3 is 1. The maximum atomic E-state index is 13.9. The van der Waals surface area contributed by atoms with Gasteiger partial charge in [-0.3, -0.25) is 14.5 Å². The molecule has 1 aromatic heterocycles. The lowest BCUT2D eigenvalue weighted by atomic mass is 9.97. The van der Waals surface area contributed by atoms with Crippen LogP contribution in [0.15, 0.2) is 63.8 Å². The monoisotopic (exact) mass is 581 g/mol. The number of nitrogens with zero attached hydrogens (tertiary/aromatic N) is 1. The van der Waals surface area contributed by atoms with Crippen LogP contribution in [0, 0.1) is 5.92 Å². The third-order valence-electron chi connectivity index (χ3n) is 6.78. The predicted molar refractivity (Wildman–Crippen MR) is 157 cm³/mol. The molecule has 2 heterocycles. The summed E-state index contributed by atoms with van der Waals surface area (Å²) < 4.78 is 23.3. The summed E-state index contributed by atoms with van der Waals surface area (Å²) in [6.07, 6.45) is 0.889. The Morgan fingerprint density at radius 1 is 0.950 bits per heavy atom. The van der Waals surface area contributed by atoms with Crippen LogP contribution in [0.5, 0.6) is 17.2 Å². The molecule has 0 bridgehead atoms. The summed E-state index contributed by atoms with van der Waals surface area (Å²) in [6.45, 7) is 7.09. The van der Waals surface area contributed by atoms with Gasteiger partial charge >= 0.3 is 0 Å². The highest BCUT2D eigenvalue weighted by atomic mass is 35.5.